The molecule has 0 N–H and O–H groups in total. The van der Waals surface area contributed by atoms with Crippen LogP contribution < -0.4 is 0 Å². The van der Waals surface area contributed by atoms with Gasteiger partial charge in [0.2, 0.25) is 0 Å². The zero-order chi connectivity index (χ0) is 11.9. The van der Waals surface area contributed by atoms with E-state index in [-0.39, 0.29) is 6.42 Å². The Morgan fingerprint density at radius 2 is 1.94 bits per heavy atom. The second kappa shape index (κ2) is 3.44. The van der Waals surface area contributed by atoms with Gasteiger partial charge >= 0.3 is 11.9 Å². The number of carbonyl (C=O) groups is 2. The lowest BCUT2D eigenvalue weighted by Gasteiger charge is -2.21. The maximum atomic E-state index is 11.7. The van der Waals surface area contributed by atoms with Gasteiger partial charge in [-0.05, 0) is 31.9 Å². The van der Waals surface area contributed by atoms with Crippen LogP contribution in [0.5, 0.6) is 0 Å². The second-order valence-corrected chi connectivity index (χ2v) is 4.59. The third kappa shape index (κ3) is 1.52. The number of hydrogen-bond donors (Lipinski definition) is 0. The molecule has 1 unspecified atom stereocenters. The van der Waals surface area contributed by atoms with E-state index < -0.39 is 17.4 Å². The molecule has 0 aromatic heterocycles. The maximum Gasteiger partial charge on any atom is 0.324 e. The van der Waals surface area contributed by atoms with Crippen molar-refractivity contribution in [1.29, 1.82) is 0 Å². The van der Waals surface area contributed by atoms with Crippen LogP contribution >= 0.6 is 0 Å². The maximum absolute atomic E-state index is 11.7. The first-order chi connectivity index (χ1) is 7.43. The lowest BCUT2D eigenvalue weighted by atomic mass is 9.78. The molecule has 1 atom stereocenters. The normalized spacial score (nSPS) is 24.7. The average molecular weight is 218 g/mol. The Bertz CT molecular complexity index is 476. The molecule has 1 fully saturated rings. The van der Waals surface area contributed by atoms with E-state index in [2.05, 4.69) is 4.74 Å². The van der Waals surface area contributed by atoms with Gasteiger partial charge in [-0.1, -0.05) is 23.8 Å². The highest BCUT2D eigenvalue weighted by molar-refractivity contribution is 6.01. The van der Waals surface area contributed by atoms with Crippen LogP contribution in [0.25, 0.3) is 0 Å². The van der Waals surface area contributed by atoms with Crippen molar-refractivity contribution >= 4 is 11.9 Å². The zero-order valence-corrected chi connectivity index (χ0v) is 9.66. The molecule has 1 aromatic carbocycles. The van der Waals surface area contributed by atoms with Gasteiger partial charge in [0.1, 0.15) is 5.41 Å². The van der Waals surface area contributed by atoms with Gasteiger partial charge in [-0.2, -0.15) is 0 Å². The van der Waals surface area contributed by atoms with Crippen LogP contribution in [0.3, 0.4) is 0 Å². The predicted molar refractivity (Wildman–Crippen MR) is 59.0 cm³/mol. The minimum atomic E-state index is -0.811. The van der Waals surface area contributed by atoms with Crippen molar-refractivity contribution in [3.63, 3.8) is 0 Å². The van der Waals surface area contributed by atoms with Gasteiger partial charge in [0, 0.05) is 0 Å². The number of rotatable bonds is 1. The third-order valence-electron chi connectivity index (χ3n) is 3.13. The van der Waals surface area contributed by atoms with E-state index in [0.29, 0.717) is 0 Å². The van der Waals surface area contributed by atoms with E-state index in [1.165, 1.54) is 0 Å². The molecule has 0 saturated carbocycles. The van der Waals surface area contributed by atoms with Crippen molar-refractivity contribution in [3.8, 4) is 0 Å². The van der Waals surface area contributed by atoms with Crippen molar-refractivity contribution in [1.82, 2.24) is 0 Å². The molecule has 1 aromatic rings. The van der Waals surface area contributed by atoms with Gasteiger partial charge in [0.25, 0.3) is 0 Å². The van der Waals surface area contributed by atoms with Gasteiger partial charge in [0.15, 0.2) is 0 Å². The minimum absolute atomic E-state index is 0.135. The van der Waals surface area contributed by atoms with E-state index in [0.717, 1.165) is 16.7 Å². The Labute approximate surface area is 94.4 Å². The fourth-order valence-corrected chi connectivity index (χ4v) is 2.25. The summed E-state index contributed by atoms with van der Waals surface area (Å²) in [5.74, 6) is -0.878. The molecule has 0 bridgehead atoms. The molecular formula is C13H14O3. The summed E-state index contributed by atoms with van der Waals surface area (Å²) >= 11 is 0. The van der Waals surface area contributed by atoms with Crippen LogP contribution in [-0.2, 0) is 19.7 Å². The molecule has 1 saturated heterocycles. The van der Waals surface area contributed by atoms with E-state index in [1.54, 1.807) is 6.92 Å². The summed E-state index contributed by atoms with van der Waals surface area (Å²) in [6, 6.07) is 5.87. The highest BCUT2D eigenvalue weighted by atomic mass is 16.6. The molecule has 1 aliphatic heterocycles. The summed E-state index contributed by atoms with van der Waals surface area (Å²) in [5, 5.41) is 0. The van der Waals surface area contributed by atoms with E-state index in [9.17, 15) is 9.59 Å². The smallest absolute Gasteiger partial charge is 0.324 e. The predicted octanol–water partition coefficient (Wildman–Crippen LogP) is 2.03. The lowest BCUT2D eigenvalue weighted by molar-refractivity contribution is -0.153. The Balaban J connectivity index is 2.51. The van der Waals surface area contributed by atoms with E-state index >= 15 is 0 Å². The first-order valence-electron chi connectivity index (χ1n) is 5.26. The second-order valence-electron chi connectivity index (χ2n) is 4.59. The third-order valence-corrected chi connectivity index (χ3v) is 3.13. The van der Waals surface area contributed by atoms with Crippen LogP contribution in [0.4, 0.5) is 0 Å². The first-order valence-corrected chi connectivity index (χ1v) is 5.26. The van der Waals surface area contributed by atoms with Crippen molar-refractivity contribution in [2.24, 2.45) is 0 Å². The fourth-order valence-electron chi connectivity index (χ4n) is 2.25. The van der Waals surface area contributed by atoms with Crippen molar-refractivity contribution in [2.45, 2.75) is 32.6 Å². The minimum Gasteiger partial charge on any atom is -0.392 e. The molecule has 0 aliphatic carbocycles. The topological polar surface area (TPSA) is 43.4 Å². The Morgan fingerprint density at radius 3 is 2.44 bits per heavy atom. The van der Waals surface area contributed by atoms with Gasteiger partial charge in [-0.25, -0.2) is 0 Å². The number of carbonyl (C=O) groups excluding carboxylic acids is 2. The van der Waals surface area contributed by atoms with Gasteiger partial charge in [-0.3, -0.25) is 9.59 Å². The molecule has 84 valence electrons. The molecule has 2 rings (SSSR count). The van der Waals surface area contributed by atoms with Crippen LogP contribution in [0.1, 0.15) is 30.0 Å². The number of aryl methyl sites for hydroxylation is 2. The molecule has 0 amide bonds. The standard InChI is InChI=1S/C13H14O3/c1-8-4-5-10(9(2)6-8)13(3)7-11(14)16-12(13)15/h4-6H,7H2,1-3H3. The summed E-state index contributed by atoms with van der Waals surface area (Å²) in [7, 11) is 0. The SMILES string of the molecule is Cc1ccc(C2(C)CC(=O)OC2=O)c(C)c1. The summed E-state index contributed by atoms with van der Waals surface area (Å²) < 4.78 is 4.64. The number of hydrogen-bond acceptors (Lipinski definition) is 3. The van der Waals surface area contributed by atoms with Gasteiger partial charge < -0.3 is 4.74 Å². The summed E-state index contributed by atoms with van der Waals surface area (Å²) in [4.78, 5) is 22.9. The first kappa shape index (κ1) is 10.9. The molecule has 1 aliphatic rings. The molecule has 0 spiro atoms. The highest BCUT2D eigenvalue weighted by Gasteiger charge is 2.47. The zero-order valence-electron chi connectivity index (χ0n) is 9.66. The van der Waals surface area contributed by atoms with Crippen LogP contribution in [0.15, 0.2) is 18.2 Å². The van der Waals surface area contributed by atoms with Crippen LogP contribution in [-0.4, -0.2) is 11.9 Å². The molecular weight excluding hydrogens is 204 g/mol. The largest absolute Gasteiger partial charge is 0.392 e. The highest BCUT2D eigenvalue weighted by Crippen LogP contribution is 2.36. The summed E-state index contributed by atoms with van der Waals surface area (Å²) in [6.07, 6.45) is 0.135. The molecule has 0 radical (unpaired) electrons. The Kier molecular flexibility index (Phi) is 2.34. The summed E-state index contributed by atoms with van der Waals surface area (Å²) in [5.41, 5.74) is 2.24. The van der Waals surface area contributed by atoms with Gasteiger partial charge in [-0.15, -0.1) is 0 Å². The quantitative estimate of drug-likeness (QED) is 0.535. The lowest BCUT2D eigenvalue weighted by Crippen LogP contribution is -2.28. The van der Waals surface area contributed by atoms with E-state index in [4.69, 9.17) is 0 Å². The van der Waals surface area contributed by atoms with Crippen LogP contribution in [0.2, 0.25) is 0 Å². The van der Waals surface area contributed by atoms with Gasteiger partial charge in [0.05, 0.1) is 6.42 Å². The molecule has 3 nitrogen and oxygen atoms in total. The number of esters is 2. The fraction of sp³-hybridized carbons (Fsp3) is 0.385. The molecule has 3 heteroatoms. The van der Waals surface area contributed by atoms with Crippen molar-refractivity contribution in [2.75, 3.05) is 0 Å². The summed E-state index contributed by atoms with van der Waals surface area (Å²) in [6.45, 7) is 5.71. The van der Waals surface area contributed by atoms with E-state index in [1.807, 2.05) is 32.0 Å². The molecule has 16 heavy (non-hydrogen) atoms. The number of benzene rings is 1. The Morgan fingerprint density at radius 1 is 1.25 bits per heavy atom. The van der Waals surface area contributed by atoms with Crippen molar-refractivity contribution < 1.29 is 14.3 Å². The van der Waals surface area contributed by atoms with Crippen molar-refractivity contribution in [3.05, 3.63) is 34.9 Å². The Hall–Kier alpha value is -1.64. The number of ether oxygens (including phenoxy) is 1. The average Bonchev–Trinajstić information content (AvgIpc) is 2.40. The monoisotopic (exact) mass is 218 g/mol. The molecule has 1 heterocycles. The van der Waals surface area contributed by atoms with Crippen LogP contribution in [0, 0.1) is 13.8 Å². The number of cyclic esters (lactones) is 2.